The lowest BCUT2D eigenvalue weighted by Gasteiger charge is -2.20. The zero-order valence-electron chi connectivity index (χ0n) is 11.3. The quantitative estimate of drug-likeness (QED) is 0.454. The molecule has 1 amide bonds. The third-order valence-corrected chi connectivity index (χ3v) is 4.78. The number of amides is 1. The Bertz CT molecular complexity index is 628. The Balaban J connectivity index is 2.25. The topological polar surface area (TPSA) is 46.6 Å². The maximum atomic E-state index is 12.4. The summed E-state index contributed by atoms with van der Waals surface area (Å²) in [6, 6.07) is 6.84. The van der Waals surface area contributed by atoms with Crippen molar-refractivity contribution in [3.63, 3.8) is 0 Å². The number of ether oxygens (including phenoxy) is 1. The van der Waals surface area contributed by atoms with Crippen LogP contribution in [0.5, 0.6) is 0 Å². The maximum absolute atomic E-state index is 12.4. The lowest BCUT2D eigenvalue weighted by Crippen LogP contribution is -2.42. The molecule has 4 nitrogen and oxygen atoms in total. The minimum atomic E-state index is -0.724. The van der Waals surface area contributed by atoms with Gasteiger partial charge in [-0.1, -0.05) is 52.0 Å². The van der Waals surface area contributed by atoms with Gasteiger partial charge in [-0.15, -0.1) is 0 Å². The van der Waals surface area contributed by atoms with Crippen LogP contribution >= 0.6 is 39.9 Å². The second-order valence-corrected chi connectivity index (χ2v) is 6.89. The van der Waals surface area contributed by atoms with Crippen molar-refractivity contribution in [2.45, 2.75) is 13.0 Å². The number of carbonyl (C=O) groups excluding carboxylic acids is 2. The molecule has 2 rings (SSSR count). The van der Waals surface area contributed by atoms with Gasteiger partial charge < -0.3 is 4.74 Å². The molecule has 0 N–H and O–H groups in total. The molecule has 1 heterocycles. The standard InChI is InChI=1S/C14H12BrNO3S2/c1-8(13(18)19-2)16-12(17)11(21-14(16)20)7-9-3-5-10(15)6-4-9/h3-8H,1-2H3/b11-7-/t8-/m0/s1. The second kappa shape index (κ2) is 6.72. The Morgan fingerprint density at radius 2 is 2.05 bits per heavy atom. The molecule has 0 spiro atoms. The van der Waals surface area contributed by atoms with Crippen LogP contribution in [0.3, 0.4) is 0 Å². The molecule has 1 atom stereocenters. The van der Waals surface area contributed by atoms with Crippen LogP contribution in [-0.4, -0.2) is 34.2 Å². The van der Waals surface area contributed by atoms with Crippen LogP contribution in [0, 0.1) is 0 Å². The van der Waals surface area contributed by atoms with Gasteiger partial charge in [-0.25, -0.2) is 4.79 Å². The van der Waals surface area contributed by atoms with Crippen molar-refractivity contribution in [2.24, 2.45) is 0 Å². The third-order valence-electron chi connectivity index (χ3n) is 2.92. The fraction of sp³-hybridized carbons (Fsp3) is 0.214. The first-order chi connectivity index (χ1) is 9.93. The molecule has 1 saturated heterocycles. The van der Waals surface area contributed by atoms with Crippen molar-refractivity contribution >= 4 is 62.2 Å². The number of halogens is 1. The van der Waals surface area contributed by atoms with Crippen molar-refractivity contribution in [2.75, 3.05) is 7.11 Å². The van der Waals surface area contributed by atoms with E-state index in [0.29, 0.717) is 9.23 Å². The number of hydrogen-bond donors (Lipinski definition) is 0. The predicted molar refractivity (Wildman–Crippen MR) is 90.6 cm³/mol. The molecular weight excluding hydrogens is 374 g/mol. The third kappa shape index (κ3) is 3.53. The first-order valence-electron chi connectivity index (χ1n) is 6.04. The van der Waals surface area contributed by atoms with E-state index in [1.807, 2.05) is 24.3 Å². The fourth-order valence-corrected chi connectivity index (χ4v) is 3.48. The highest BCUT2D eigenvalue weighted by Crippen LogP contribution is 2.34. The Morgan fingerprint density at radius 1 is 1.43 bits per heavy atom. The Morgan fingerprint density at radius 3 is 2.62 bits per heavy atom. The first kappa shape index (κ1) is 16.2. The Hall–Kier alpha value is -1.18. The molecular formula is C14H12BrNO3S2. The van der Waals surface area contributed by atoms with E-state index < -0.39 is 12.0 Å². The summed E-state index contributed by atoms with van der Waals surface area (Å²) in [5.41, 5.74) is 0.893. The number of methoxy groups -OCH3 is 1. The SMILES string of the molecule is COC(=O)[C@H](C)N1C(=O)/C(=C/c2ccc(Br)cc2)SC1=S. The predicted octanol–water partition coefficient (Wildman–Crippen LogP) is 3.21. The normalized spacial score (nSPS) is 18.2. The highest BCUT2D eigenvalue weighted by Gasteiger charge is 2.38. The first-order valence-corrected chi connectivity index (χ1v) is 8.06. The zero-order valence-corrected chi connectivity index (χ0v) is 14.5. The van der Waals surface area contributed by atoms with Gasteiger partial charge in [0.05, 0.1) is 12.0 Å². The van der Waals surface area contributed by atoms with E-state index in [-0.39, 0.29) is 5.91 Å². The highest BCUT2D eigenvalue weighted by atomic mass is 79.9. The molecule has 1 aliphatic heterocycles. The molecule has 1 aromatic rings. The van der Waals surface area contributed by atoms with Gasteiger partial charge in [-0.3, -0.25) is 9.69 Å². The number of carbonyl (C=O) groups is 2. The molecule has 1 aliphatic rings. The van der Waals surface area contributed by atoms with Gasteiger partial charge in [0.25, 0.3) is 5.91 Å². The number of benzene rings is 1. The average molecular weight is 386 g/mol. The summed E-state index contributed by atoms with van der Waals surface area (Å²) < 4.78 is 5.99. The van der Waals surface area contributed by atoms with E-state index in [0.717, 1.165) is 10.0 Å². The number of rotatable bonds is 3. The molecule has 7 heteroatoms. The minimum absolute atomic E-state index is 0.272. The fourth-order valence-electron chi connectivity index (χ4n) is 1.80. The van der Waals surface area contributed by atoms with Gasteiger partial charge in [0.1, 0.15) is 10.4 Å². The zero-order chi connectivity index (χ0) is 15.6. The molecule has 0 bridgehead atoms. The number of hydrogen-bond acceptors (Lipinski definition) is 5. The number of esters is 1. The summed E-state index contributed by atoms with van der Waals surface area (Å²) in [6.45, 7) is 1.60. The summed E-state index contributed by atoms with van der Waals surface area (Å²) in [7, 11) is 1.29. The summed E-state index contributed by atoms with van der Waals surface area (Å²) >= 11 is 9.73. The van der Waals surface area contributed by atoms with Crippen LogP contribution in [0.1, 0.15) is 12.5 Å². The lowest BCUT2D eigenvalue weighted by molar-refractivity contribution is -0.147. The Kier molecular flexibility index (Phi) is 5.18. The van der Waals surface area contributed by atoms with Crippen LogP contribution in [0.4, 0.5) is 0 Å². The van der Waals surface area contributed by atoms with Crippen LogP contribution < -0.4 is 0 Å². The molecule has 110 valence electrons. The monoisotopic (exact) mass is 385 g/mol. The summed E-state index contributed by atoms with van der Waals surface area (Å²) in [4.78, 5) is 25.8. The van der Waals surface area contributed by atoms with E-state index in [1.165, 1.54) is 23.8 Å². The van der Waals surface area contributed by atoms with Crippen LogP contribution in [0.2, 0.25) is 0 Å². The van der Waals surface area contributed by atoms with Gasteiger partial charge in [-0.2, -0.15) is 0 Å². The molecule has 0 aliphatic carbocycles. The summed E-state index contributed by atoms with van der Waals surface area (Å²) in [6.07, 6.45) is 1.76. The van der Waals surface area contributed by atoms with E-state index in [2.05, 4.69) is 20.7 Å². The molecule has 0 aromatic heterocycles. The Labute approximate surface area is 140 Å². The summed E-state index contributed by atoms with van der Waals surface area (Å²) in [5.74, 6) is -0.762. The molecule has 0 radical (unpaired) electrons. The van der Waals surface area contributed by atoms with E-state index in [9.17, 15) is 9.59 Å². The largest absolute Gasteiger partial charge is 0.467 e. The summed E-state index contributed by atoms with van der Waals surface area (Å²) in [5, 5.41) is 0. The average Bonchev–Trinajstić information content (AvgIpc) is 2.74. The van der Waals surface area contributed by atoms with Gasteiger partial charge >= 0.3 is 5.97 Å². The van der Waals surface area contributed by atoms with Crippen LogP contribution in [-0.2, 0) is 14.3 Å². The smallest absolute Gasteiger partial charge is 0.328 e. The lowest BCUT2D eigenvalue weighted by atomic mass is 10.2. The van der Waals surface area contributed by atoms with E-state index in [4.69, 9.17) is 12.2 Å². The van der Waals surface area contributed by atoms with Crippen molar-refractivity contribution in [3.05, 3.63) is 39.2 Å². The van der Waals surface area contributed by atoms with Gasteiger partial charge in [0.2, 0.25) is 0 Å². The molecule has 21 heavy (non-hydrogen) atoms. The number of thioether (sulfide) groups is 1. The van der Waals surface area contributed by atoms with Crippen molar-refractivity contribution in [1.29, 1.82) is 0 Å². The number of nitrogens with zero attached hydrogens (tertiary/aromatic N) is 1. The maximum Gasteiger partial charge on any atom is 0.328 e. The van der Waals surface area contributed by atoms with Crippen molar-refractivity contribution in [3.8, 4) is 0 Å². The molecule has 0 unspecified atom stereocenters. The van der Waals surface area contributed by atoms with Gasteiger partial charge in [0, 0.05) is 4.47 Å². The molecule has 0 saturated carbocycles. The van der Waals surface area contributed by atoms with Crippen LogP contribution in [0.15, 0.2) is 33.6 Å². The second-order valence-electron chi connectivity index (χ2n) is 4.30. The van der Waals surface area contributed by atoms with Crippen molar-refractivity contribution in [1.82, 2.24) is 4.90 Å². The van der Waals surface area contributed by atoms with Gasteiger partial charge in [-0.05, 0) is 30.7 Å². The van der Waals surface area contributed by atoms with E-state index in [1.54, 1.807) is 13.0 Å². The van der Waals surface area contributed by atoms with E-state index >= 15 is 0 Å². The molecule has 1 aromatic carbocycles. The molecule has 1 fully saturated rings. The van der Waals surface area contributed by atoms with Crippen molar-refractivity contribution < 1.29 is 14.3 Å². The highest BCUT2D eigenvalue weighted by molar-refractivity contribution is 9.10. The van der Waals surface area contributed by atoms with Crippen LogP contribution in [0.25, 0.3) is 6.08 Å². The number of thiocarbonyl (C=S) groups is 1. The minimum Gasteiger partial charge on any atom is -0.467 e. The van der Waals surface area contributed by atoms with Gasteiger partial charge in [0.15, 0.2) is 0 Å².